The standard InChI is InChI=1S/C16H25N3/c1-5-19(16-8-6-7-14(4)11-16)10-9-15(12-17)18-13(2)3/h6-8,11,13,15,18H,5,9-10H2,1-4H3. The minimum Gasteiger partial charge on any atom is -0.372 e. The predicted octanol–water partition coefficient (Wildman–Crippen LogP) is 3.10. The molecule has 0 saturated heterocycles. The first-order chi connectivity index (χ1) is 9.06. The van der Waals surface area contributed by atoms with Crippen LogP contribution in [0.25, 0.3) is 0 Å². The normalized spacial score (nSPS) is 12.2. The van der Waals surface area contributed by atoms with Gasteiger partial charge in [-0.1, -0.05) is 12.1 Å². The van der Waals surface area contributed by atoms with E-state index in [2.05, 4.69) is 68.2 Å². The minimum atomic E-state index is -0.0705. The molecule has 1 rings (SSSR count). The van der Waals surface area contributed by atoms with Gasteiger partial charge < -0.3 is 4.90 Å². The first-order valence-corrected chi connectivity index (χ1v) is 7.04. The van der Waals surface area contributed by atoms with Crippen molar-refractivity contribution in [3.8, 4) is 6.07 Å². The third-order valence-corrected chi connectivity index (χ3v) is 3.13. The number of hydrogen-bond acceptors (Lipinski definition) is 3. The van der Waals surface area contributed by atoms with Crippen molar-refractivity contribution in [1.29, 1.82) is 5.26 Å². The van der Waals surface area contributed by atoms with E-state index in [1.807, 2.05) is 0 Å². The van der Waals surface area contributed by atoms with E-state index in [4.69, 9.17) is 5.26 Å². The number of nitrogens with zero attached hydrogens (tertiary/aromatic N) is 2. The fraction of sp³-hybridized carbons (Fsp3) is 0.562. The molecule has 3 heteroatoms. The number of aryl methyl sites for hydroxylation is 1. The van der Waals surface area contributed by atoms with E-state index in [0.29, 0.717) is 6.04 Å². The van der Waals surface area contributed by atoms with Crippen LogP contribution < -0.4 is 10.2 Å². The zero-order valence-corrected chi connectivity index (χ0v) is 12.5. The van der Waals surface area contributed by atoms with Gasteiger partial charge in [0.15, 0.2) is 0 Å². The van der Waals surface area contributed by atoms with Crippen LogP contribution in [0.2, 0.25) is 0 Å². The van der Waals surface area contributed by atoms with Gasteiger partial charge >= 0.3 is 0 Å². The van der Waals surface area contributed by atoms with Crippen molar-refractivity contribution in [2.45, 2.75) is 46.2 Å². The number of rotatable bonds is 7. The fourth-order valence-corrected chi connectivity index (χ4v) is 2.17. The molecule has 1 atom stereocenters. The fourth-order valence-electron chi connectivity index (χ4n) is 2.17. The van der Waals surface area contributed by atoms with E-state index in [1.54, 1.807) is 0 Å². The molecule has 0 aromatic heterocycles. The third-order valence-electron chi connectivity index (χ3n) is 3.13. The lowest BCUT2D eigenvalue weighted by Crippen LogP contribution is -2.37. The van der Waals surface area contributed by atoms with E-state index >= 15 is 0 Å². The van der Waals surface area contributed by atoms with Crippen molar-refractivity contribution in [2.24, 2.45) is 0 Å². The number of benzene rings is 1. The highest BCUT2D eigenvalue weighted by Gasteiger charge is 2.11. The van der Waals surface area contributed by atoms with E-state index in [9.17, 15) is 0 Å². The molecule has 0 aliphatic heterocycles. The molecule has 0 radical (unpaired) electrons. The Morgan fingerprint density at radius 1 is 1.37 bits per heavy atom. The van der Waals surface area contributed by atoms with Gasteiger partial charge in [-0.2, -0.15) is 5.26 Å². The first-order valence-electron chi connectivity index (χ1n) is 7.04. The van der Waals surface area contributed by atoms with E-state index in [1.165, 1.54) is 11.3 Å². The lowest BCUT2D eigenvalue weighted by Gasteiger charge is -2.25. The van der Waals surface area contributed by atoms with Crippen molar-refractivity contribution in [3.63, 3.8) is 0 Å². The summed E-state index contributed by atoms with van der Waals surface area (Å²) in [5, 5.41) is 12.4. The summed E-state index contributed by atoms with van der Waals surface area (Å²) in [7, 11) is 0. The number of hydrogen-bond donors (Lipinski definition) is 1. The van der Waals surface area contributed by atoms with Crippen molar-refractivity contribution in [2.75, 3.05) is 18.0 Å². The highest BCUT2D eigenvalue weighted by Crippen LogP contribution is 2.16. The highest BCUT2D eigenvalue weighted by atomic mass is 15.1. The maximum absolute atomic E-state index is 9.14. The topological polar surface area (TPSA) is 39.1 Å². The summed E-state index contributed by atoms with van der Waals surface area (Å²) in [6.07, 6.45) is 0.844. The summed E-state index contributed by atoms with van der Waals surface area (Å²) in [6, 6.07) is 11.1. The van der Waals surface area contributed by atoms with Crippen molar-refractivity contribution < 1.29 is 0 Å². The van der Waals surface area contributed by atoms with E-state index in [-0.39, 0.29) is 6.04 Å². The summed E-state index contributed by atoms with van der Waals surface area (Å²) in [6.45, 7) is 10.3. The Kier molecular flexibility index (Phi) is 6.38. The largest absolute Gasteiger partial charge is 0.372 e. The van der Waals surface area contributed by atoms with E-state index < -0.39 is 0 Å². The number of nitrogens with one attached hydrogen (secondary N) is 1. The smallest absolute Gasteiger partial charge is 0.0971 e. The molecule has 0 aliphatic carbocycles. The van der Waals surface area contributed by atoms with Crippen LogP contribution in [0.1, 0.15) is 32.8 Å². The maximum atomic E-state index is 9.14. The van der Waals surface area contributed by atoms with Gasteiger partial charge in [0, 0.05) is 24.8 Å². The summed E-state index contributed by atoms with van der Waals surface area (Å²) < 4.78 is 0. The summed E-state index contributed by atoms with van der Waals surface area (Å²) in [5.74, 6) is 0. The van der Waals surface area contributed by atoms with Gasteiger partial charge in [-0.05, 0) is 51.8 Å². The molecule has 1 N–H and O–H groups in total. The molecular formula is C16H25N3. The summed E-state index contributed by atoms with van der Waals surface area (Å²) >= 11 is 0. The first kappa shape index (κ1) is 15.5. The van der Waals surface area contributed by atoms with Crippen LogP contribution in [0, 0.1) is 18.3 Å². The van der Waals surface area contributed by atoms with Crippen LogP contribution in [-0.4, -0.2) is 25.2 Å². The van der Waals surface area contributed by atoms with Crippen LogP contribution in [0.5, 0.6) is 0 Å². The molecule has 0 aliphatic rings. The maximum Gasteiger partial charge on any atom is 0.0971 e. The molecule has 0 spiro atoms. The third kappa shape index (κ3) is 5.32. The molecule has 0 heterocycles. The van der Waals surface area contributed by atoms with Gasteiger partial charge in [0.2, 0.25) is 0 Å². The van der Waals surface area contributed by atoms with Gasteiger partial charge in [0.1, 0.15) is 0 Å². The van der Waals surface area contributed by atoms with Gasteiger partial charge in [-0.3, -0.25) is 5.32 Å². The van der Waals surface area contributed by atoms with Gasteiger partial charge in [-0.25, -0.2) is 0 Å². The van der Waals surface area contributed by atoms with Crippen LogP contribution in [0.15, 0.2) is 24.3 Å². The lowest BCUT2D eigenvalue weighted by atomic mass is 10.1. The summed E-state index contributed by atoms with van der Waals surface area (Å²) in [5.41, 5.74) is 2.51. The monoisotopic (exact) mass is 259 g/mol. The summed E-state index contributed by atoms with van der Waals surface area (Å²) in [4.78, 5) is 2.32. The van der Waals surface area contributed by atoms with E-state index in [0.717, 1.165) is 19.5 Å². The van der Waals surface area contributed by atoms with Gasteiger partial charge in [-0.15, -0.1) is 0 Å². The van der Waals surface area contributed by atoms with Gasteiger partial charge in [0.05, 0.1) is 12.1 Å². The SMILES string of the molecule is CCN(CCC(C#N)NC(C)C)c1cccc(C)c1. The van der Waals surface area contributed by atoms with Gasteiger partial charge in [0.25, 0.3) is 0 Å². The minimum absolute atomic E-state index is 0.0705. The Morgan fingerprint density at radius 2 is 2.11 bits per heavy atom. The lowest BCUT2D eigenvalue weighted by molar-refractivity contribution is 0.504. The van der Waals surface area contributed by atoms with Crippen LogP contribution in [-0.2, 0) is 0 Å². The Hall–Kier alpha value is -1.53. The zero-order valence-electron chi connectivity index (χ0n) is 12.5. The molecule has 3 nitrogen and oxygen atoms in total. The van der Waals surface area contributed by atoms with Crippen LogP contribution in [0.3, 0.4) is 0 Å². The van der Waals surface area contributed by atoms with Crippen molar-refractivity contribution in [3.05, 3.63) is 29.8 Å². The zero-order chi connectivity index (χ0) is 14.3. The second-order valence-corrected chi connectivity index (χ2v) is 5.21. The predicted molar refractivity (Wildman–Crippen MR) is 81.4 cm³/mol. The van der Waals surface area contributed by atoms with Crippen molar-refractivity contribution >= 4 is 5.69 Å². The van der Waals surface area contributed by atoms with Crippen LogP contribution >= 0.6 is 0 Å². The molecule has 1 unspecified atom stereocenters. The molecule has 0 bridgehead atoms. The molecule has 0 saturated carbocycles. The van der Waals surface area contributed by atoms with Crippen molar-refractivity contribution in [1.82, 2.24) is 5.32 Å². The molecule has 1 aromatic rings. The Labute approximate surface area is 117 Å². The second-order valence-electron chi connectivity index (χ2n) is 5.21. The molecule has 19 heavy (non-hydrogen) atoms. The average molecular weight is 259 g/mol. The van der Waals surface area contributed by atoms with Crippen LogP contribution in [0.4, 0.5) is 5.69 Å². The average Bonchev–Trinajstić information content (AvgIpc) is 2.37. The molecule has 0 amide bonds. The Bertz CT molecular complexity index is 420. The Balaban J connectivity index is 2.60. The Morgan fingerprint density at radius 3 is 2.63 bits per heavy atom. The quantitative estimate of drug-likeness (QED) is 0.818. The molecule has 104 valence electrons. The number of nitriles is 1. The highest BCUT2D eigenvalue weighted by molar-refractivity contribution is 5.48. The molecular weight excluding hydrogens is 234 g/mol. The molecule has 0 fully saturated rings. The number of anilines is 1. The second kappa shape index (κ2) is 7.81. The molecule has 1 aromatic carbocycles.